The van der Waals surface area contributed by atoms with E-state index in [1.54, 1.807) is 12.1 Å². The number of aliphatic hydroxyl groups excluding tert-OH is 2. The molecule has 0 bridgehead atoms. The van der Waals surface area contributed by atoms with Crippen molar-refractivity contribution in [1.29, 1.82) is 0 Å². The number of methoxy groups -OCH3 is 1. The number of hydrogen-bond donors (Lipinski definition) is 4. The Morgan fingerprint density at radius 1 is 1.22 bits per heavy atom. The van der Waals surface area contributed by atoms with E-state index in [4.69, 9.17) is 9.47 Å². The molecule has 8 heteroatoms. The molecule has 2 aromatic rings. The predicted octanol–water partition coefficient (Wildman–Crippen LogP) is 1.53. The number of benzene rings is 2. The molecule has 27 heavy (non-hydrogen) atoms. The standard InChI is InChI=1S/C19H21NO7/c1-26-17-7-13(10-21)14(8-15(17)22)18(24)16(23)9-20-19(25)27-11-12-5-3-2-4-6-12/h2-8,10,16,18,22-24H,9,11H2,1H3,(H,20,25). The molecule has 0 radical (unpaired) electrons. The average Bonchev–Trinajstić information content (AvgIpc) is 2.70. The van der Waals surface area contributed by atoms with E-state index < -0.39 is 18.3 Å². The van der Waals surface area contributed by atoms with Gasteiger partial charge in [0.1, 0.15) is 18.8 Å². The summed E-state index contributed by atoms with van der Waals surface area (Å²) < 4.78 is 9.90. The van der Waals surface area contributed by atoms with Gasteiger partial charge in [-0.1, -0.05) is 30.3 Å². The van der Waals surface area contributed by atoms with Gasteiger partial charge in [0.15, 0.2) is 17.8 Å². The van der Waals surface area contributed by atoms with E-state index in [1.165, 1.54) is 13.2 Å². The molecule has 0 spiro atoms. The maximum atomic E-state index is 11.7. The van der Waals surface area contributed by atoms with Gasteiger partial charge in [0.05, 0.1) is 7.11 Å². The summed E-state index contributed by atoms with van der Waals surface area (Å²) in [5.41, 5.74) is 0.857. The van der Waals surface area contributed by atoms with E-state index in [1.807, 2.05) is 18.2 Å². The number of carbonyl (C=O) groups excluding carboxylic acids is 2. The van der Waals surface area contributed by atoms with E-state index >= 15 is 0 Å². The summed E-state index contributed by atoms with van der Waals surface area (Å²) in [7, 11) is 1.32. The number of phenolic OH excluding ortho intramolecular Hbond substituents is 1. The van der Waals surface area contributed by atoms with Crippen LogP contribution in [-0.4, -0.2) is 47.5 Å². The average molecular weight is 375 g/mol. The first-order valence-corrected chi connectivity index (χ1v) is 8.13. The number of aromatic hydroxyl groups is 1. The molecule has 0 heterocycles. The van der Waals surface area contributed by atoms with Crippen LogP contribution in [-0.2, 0) is 11.3 Å². The largest absolute Gasteiger partial charge is 0.504 e. The second-order valence-corrected chi connectivity index (χ2v) is 5.73. The van der Waals surface area contributed by atoms with Gasteiger partial charge < -0.3 is 30.1 Å². The van der Waals surface area contributed by atoms with Crippen molar-refractivity contribution in [2.75, 3.05) is 13.7 Å². The number of aliphatic hydroxyl groups is 2. The Balaban J connectivity index is 1.93. The van der Waals surface area contributed by atoms with Crippen molar-refractivity contribution in [3.05, 3.63) is 59.2 Å². The van der Waals surface area contributed by atoms with E-state index in [0.29, 0.717) is 6.29 Å². The Bertz CT molecular complexity index is 779. The highest BCUT2D eigenvalue weighted by Gasteiger charge is 2.24. The fourth-order valence-electron chi connectivity index (χ4n) is 2.40. The molecular formula is C19H21NO7. The van der Waals surface area contributed by atoms with Gasteiger partial charge in [-0.3, -0.25) is 4.79 Å². The number of alkyl carbamates (subject to hydrolysis) is 1. The van der Waals surface area contributed by atoms with Gasteiger partial charge in [-0.25, -0.2) is 4.79 Å². The molecule has 1 amide bonds. The zero-order valence-corrected chi connectivity index (χ0v) is 14.7. The lowest BCUT2D eigenvalue weighted by Gasteiger charge is -2.20. The van der Waals surface area contributed by atoms with Crippen LogP contribution in [0.5, 0.6) is 11.5 Å². The molecule has 0 fully saturated rings. The Hall–Kier alpha value is -3.10. The Kier molecular flexibility index (Phi) is 7.16. The zero-order valence-electron chi connectivity index (χ0n) is 14.7. The van der Waals surface area contributed by atoms with Crippen molar-refractivity contribution < 1.29 is 34.4 Å². The Labute approximate surface area is 156 Å². The topological polar surface area (TPSA) is 125 Å². The maximum absolute atomic E-state index is 11.7. The minimum atomic E-state index is -1.52. The fourth-order valence-corrected chi connectivity index (χ4v) is 2.40. The predicted molar refractivity (Wildman–Crippen MR) is 95.6 cm³/mol. The summed E-state index contributed by atoms with van der Waals surface area (Å²) in [6, 6.07) is 11.4. The molecule has 2 unspecified atom stereocenters. The number of nitrogens with one attached hydrogen (secondary N) is 1. The minimum absolute atomic E-state index is 0.00949. The second kappa shape index (κ2) is 9.56. The van der Waals surface area contributed by atoms with Gasteiger partial charge >= 0.3 is 6.09 Å². The molecule has 8 nitrogen and oxygen atoms in total. The van der Waals surface area contributed by atoms with Crippen LogP contribution in [0.1, 0.15) is 27.6 Å². The smallest absolute Gasteiger partial charge is 0.407 e. The summed E-state index contributed by atoms with van der Waals surface area (Å²) in [5.74, 6) is -0.232. The number of ether oxygens (including phenoxy) is 2. The number of hydrogen-bond acceptors (Lipinski definition) is 7. The van der Waals surface area contributed by atoms with Crippen LogP contribution in [0.2, 0.25) is 0 Å². The number of phenols is 1. The Morgan fingerprint density at radius 2 is 1.93 bits per heavy atom. The van der Waals surface area contributed by atoms with Gasteiger partial charge in [0.2, 0.25) is 0 Å². The fraction of sp³-hybridized carbons (Fsp3) is 0.263. The van der Waals surface area contributed by atoms with Gasteiger partial charge in [-0.15, -0.1) is 0 Å². The molecule has 0 saturated carbocycles. The van der Waals surface area contributed by atoms with E-state index in [-0.39, 0.29) is 35.8 Å². The third-order valence-electron chi connectivity index (χ3n) is 3.86. The highest BCUT2D eigenvalue weighted by Crippen LogP contribution is 2.32. The molecule has 2 atom stereocenters. The van der Waals surface area contributed by atoms with Crippen LogP contribution in [0, 0.1) is 0 Å². The van der Waals surface area contributed by atoms with Crippen molar-refractivity contribution in [3.8, 4) is 11.5 Å². The molecule has 0 aromatic heterocycles. The van der Waals surface area contributed by atoms with Crippen molar-refractivity contribution >= 4 is 12.4 Å². The molecule has 4 N–H and O–H groups in total. The highest BCUT2D eigenvalue weighted by molar-refractivity contribution is 5.79. The van der Waals surface area contributed by atoms with Gasteiger partial charge in [-0.2, -0.15) is 0 Å². The monoisotopic (exact) mass is 375 g/mol. The van der Waals surface area contributed by atoms with Gasteiger partial charge in [-0.05, 0) is 23.3 Å². The van der Waals surface area contributed by atoms with Gasteiger partial charge in [0.25, 0.3) is 0 Å². The SMILES string of the molecule is COc1cc(C=O)c(C(O)C(O)CNC(=O)OCc2ccccc2)cc1O. The summed E-state index contributed by atoms with van der Waals surface area (Å²) in [6.45, 7) is -0.257. The summed E-state index contributed by atoms with van der Waals surface area (Å²) >= 11 is 0. The lowest BCUT2D eigenvalue weighted by molar-refractivity contribution is 0.0179. The third kappa shape index (κ3) is 5.44. The van der Waals surface area contributed by atoms with Crippen LogP contribution in [0.15, 0.2) is 42.5 Å². The first-order valence-electron chi connectivity index (χ1n) is 8.13. The first-order chi connectivity index (χ1) is 13.0. The lowest BCUT2D eigenvalue weighted by atomic mass is 9.98. The molecule has 0 aliphatic carbocycles. The zero-order chi connectivity index (χ0) is 19.8. The van der Waals surface area contributed by atoms with Crippen molar-refractivity contribution in [2.24, 2.45) is 0 Å². The van der Waals surface area contributed by atoms with E-state index in [2.05, 4.69) is 5.32 Å². The molecule has 144 valence electrons. The molecule has 0 saturated heterocycles. The number of aldehydes is 1. The normalized spacial score (nSPS) is 12.7. The van der Waals surface area contributed by atoms with Crippen molar-refractivity contribution in [3.63, 3.8) is 0 Å². The molecule has 2 aromatic carbocycles. The van der Waals surface area contributed by atoms with Crippen LogP contribution in [0.4, 0.5) is 4.79 Å². The van der Waals surface area contributed by atoms with Crippen LogP contribution in [0.25, 0.3) is 0 Å². The highest BCUT2D eigenvalue weighted by atomic mass is 16.5. The summed E-state index contributed by atoms with van der Waals surface area (Å²) in [4.78, 5) is 22.9. The number of amides is 1. The molecule has 0 aliphatic heterocycles. The van der Waals surface area contributed by atoms with Crippen LogP contribution >= 0.6 is 0 Å². The van der Waals surface area contributed by atoms with Gasteiger partial charge in [0, 0.05) is 12.1 Å². The molecule has 0 aliphatic rings. The van der Waals surface area contributed by atoms with Crippen LogP contribution < -0.4 is 10.1 Å². The quantitative estimate of drug-likeness (QED) is 0.516. The Morgan fingerprint density at radius 3 is 2.56 bits per heavy atom. The van der Waals surface area contributed by atoms with E-state index in [9.17, 15) is 24.9 Å². The molecular weight excluding hydrogens is 354 g/mol. The third-order valence-corrected chi connectivity index (χ3v) is 3.86. The first kappa shape index (κ1) is 20.2. The minimum Gasteiger partial charge on any atom is -0.504 e. The second-order valence-electron chi connectivity index (χ2n) is 5.73. The molecule has 2 rings (SSSR count). The number of rotatable bonds is 8. The summed E-state index contributed by atoms with van der Waals surface area (Å²) in [5, 5.41) is 32.5. The van der Waals surface area contributed by atoms with Crippen LogP contribution in [0.3, 0.4) is 0 Å². The lowest BCUT2D eigenvalue weighted by Crippen LogP contribution is -2.36. The number of carbonyl (C=O) groups is 2. The maximum Gasteiger partial charge on any atom is 0.407 e. The van der Waals surface area contributed by atoms with E-state index in [0.717, 1.165) is 11.6 Å². The van der Waals surface area contributed by atoms with Crippen molar-refractivity contribution in [2.45, 2.75) is 18.8 Å². The summed E-state index contributed by atoms with van der Waals surface area (Å²) in [6.07, 6.45) is -3.25. The van der Waals surface area contributed by atoms with Crippen molar-refractivity contribution in [1.82, 2.24) is 5.32 Å².